The molecule has 0 aromatic carbocycles. The molecule has 2 saturated heterocycles. The summed E-state index contributed by atoms with van der Waals surface area (Å²) in [5.74, 6) is 0.748. The van der Waals surface area contributed by atoms with Gasteiger partial charge in [-0.25, -0.2) is 0 Å². The summed E-state index contributed by atoms with van der Waals surface area (Å²) in [6.07, 6.45) is 2.27. The molecule has 0 aromatic rings. The third-order valence-electron chi connectivity index (χ3n) is 4.94. The molecule has 2 aliphatic heterocycles. The molecular weight excluding hydrogens is 206 g/mol. The van der Waals surface area contributed by atoms with Crippen molar-refractivity contribution < 1.29 is 14.6 Å². The fraction of sp³-hybridized carbons (Fsp3) is 0.917. The molecule has 1 aliphatic carbocycles. The smallest absolute Gasteiger partial charge is 0.313 e. The molecule has 5 atom stereocenters. The van der Waals surface area contributed by atoms with Crippen LogP contribution in [0.2, 0.25) is 0 Å². The zero-order valence-electron chi connectivity index (χ0n) is 9.61. The van der Waals surface area contributed by atoms with Crippen molar-refractivity contribution in [1.82, 2.24) is 5.32 Å². The molecule has 2 N–H and O–H groups in total. The van der Waals surface area contributed by atoms with E-state index in [0.29, 0.717) is 25.0 Å². The first-order valence-electron chi connectivity index (χ1n) is 6.26. The zero-order chi connectivity index (χ0) is 11.3. The summed E-state index contributed by atoms with van der Waals surface area (Å²) in [6.45, 7) is 3.25. The summed E-state index contributed by atoms with van der Waals surface area (Å²) in [4.78, 5) is 12.0. The molecule has 2 bridgehead atoms. The van der Waals surface area contributed by atoms with Crippen molar-refractivity contribution in [2.45, 2.75) is 38.3 Å². The van der Waals surface area contributed by atoms with Crippen LogP contribution < -0.4 is 5.32 Å². The number of esters is 1. The second kappa shape index (κ2) is 3.44. The van der Waals surface area contributed by atoms with E-state index in [-0.39, 0.29) is 23.5 Å². The Morgan fingerprint density at radius 3 is 3.12 bits per heavy atom. The average molecular weight is 225 g/mol. The number of hydrogen-bond acceptors (Lipinski definition) is 4. The Labute approximate surface area is 95.4 Å². The number of hydrogen-bond donors (Lipinski definition) is 2. The van der Waals surface area contributed by atoms with Crippen molar-refractivity contribution in [2.75, 3.05) is 13.2 Å². The Morgan fingerprint density at radius 1 is 1.56 bits per heavy atom. The number of fused-ring (bicyclic) bond motifs is 1. The van der Waals surface area contributed by atoms with Crippen molar-refractivity contribution in [2.24, 2.45) is 17.3 Å². The highest BCUT2D eigenvalue weighted by molar-refractivity contribution is 5.78. The molecule has 0 radical (unpaired) electrons. The van der Waals surface area contributed by atoms with Gasteiger partial charge in [-0.05, 0) is 31.1 Å². The van der Waals surface area contributed by atoms with Gasteiger partial charge in [0.1, 0.15) is 0 Å². The van der Waals surface area contributed by atoms with E-state index in [4.69, 9.17) is 4.74 Å². The van der Waals surface area contributed by atoms with Gasteiger partial charge in [0.15, 0.2) is 0 Å². The number of carbonyl (C=O) groups is 1. The maximum atomic E-state index is 12.0. The quantitative estimate of drug-likeness (QED) is 0.630. The summed E-state index contributed by atoms with van der Waals surface area (Å²) >= 11 is 0. The van der Waals surface area contributed by atoms with Crippen LogP contribution in [0.4, 0.5) is 0 Å². The van der Waals surface area contributed by atoms with Crippen LogP contribution in [0.25, 0.3) is 0 Å². The largest absolute Gasteiger partial charge is 0.465 e. The van der Waals surface area contributed by atoms with Gasteiger partial charge in [-0.2, -0.15) is 0 Å². The number of aliphatic hydroxyl groups is 1. The summed E-state index contributed by atoms with van der Waals surface area (Å²) < 4.78 is 5.33. The van der Waals surface area contributed by atoms with Crippen LogP contribution in [0.1, 0.15) is 26.2 Å². The van der Waals surface area contributed by atoms with Crippen LogP contribution in [0.3, 0.4) is 0 Å². The van der Waals surface area contributed by atoms with Crippen LogP contribution >= 0.6 is 0 Å². The second-order valence-electron chi connectivity index (χ2n) is 5.50. The minimum absolute atomic E-state index is 0.0291. The molecule has 3 aliphatic rings. The molecule has 4 heteroatoms. The van der Waals surface area contributed by atoms with Crippen molar-refractivity contribution in [1.29, 1.82) is 0 Å². The first kappa shape index (κ1) is 10.5. The normalized spacial score (nSPS) is 51.0. The van der Waals surface area contributed by atoms with Gasteiger partial charge in [-0.15, -0.1) is 0 Å². The Morgan fingerprint density at radius 2 is 2.38 bits per heavy atom. The fourth-order valence-corrected chi connectivity index (χ4v) is 3.87. The Bertz CT molecular complexity index is 319. The van der Waals surface area contributed by atoms with Crippen molar-refractivity contribution >= 4 is 5.97 Å². The molecule has 1 saturated carbocycles. The third-order valence-corrected chi connectivity index (χ3v) is 4.94. The van der Waals surface area contributed by atoms with E-state index in [1.807, 2.05) is 0 Å². The van der Waals surface area contributed by atoms with Gasteiger partial charge in [0.05, 0.1) is 18.1 Å². The Kier molecular flexibility index (Phi) is 2.27. The van der Waals surface area contributed by atoms with E-state index in [9.17, 15) is 9.90 Å². The fourth-order valence-electron chi connectivity index (χ4n) is 3.87. The van der Waals surface area contributed by atoms with Crippen molar-refractivity contribution in [3.05, 3.63) is 0 Å². The van der Waals surface area contributed by atoms with E-state index in [1.54, 1.807) is 0 Å². The highest BCUT2D eigenvalue weighted by Crippen LogP contribution is 2.50. The predicted molar refractivity (Wildman–Crippen MR) is 57.7 cm³/mol. The van der Waals surface area contributed by atoms with E-state index in [0.717, 1.165) is 19.3 Å². The number of carbonyl (C=O) groups excluding carboxylic acids is 1. The minimum atomic E-state index is -0.320. The summed E-state index contributed by atoms with van der Waals surface area (Å²) in [6, 6.07) is 0.187. The molecule has 2 heterocycles. The topological polar surface area (TPSA) is 58.6 Å². The van der Waals surface area contributed by atoms with E-state index < -0.39 is 0 Å². The van der Waals surface area contributed by atoms with Crippen LogP contribution in [0.5, 0.6) is 0 Å². The van der Waals surface area contributed by atoms with Gasteiger partial charge in [-0.3, -0.25) is 4.79 Å². The number of aliphatic hydroxyl groups excluding tert-OH is 1. The minimum Gasteiger partial charge on any atom is -0.465 e. The molecule has 3 fully saturated rings. The highest BCUT2D eigenvalue weighted by Gasteiger charge is 2.57. The van der Waals surface area contributed by atoms with Crippen molar-refractivity contribution in [3.63, 3.8) is 0 Å². The molecule has 3 rings (SSSR count). The number of rotatable bonds is 1. The second-order valence-corrected chi connectivity index (χ2v) is 5.50. The number of nitrogens with one attached hydrogen (secondary N) is 1. The Hall–Kier alpha value is -0.610. The molecule has 90 valence electrons. The van der Waals surface area contributed by atoms with Gasteiger partial charge in [0.2, 0.25) is 0 Å². The SMILES string of the molecule is CCC12CNC3CC1C(COC2=O)C[C@@H]3O. The number of cyclic esters (lactones) is 1. The molecule has 0 aromatic heterocycles. The van der Waals surface area contributed by atoms with Gasteiger partial charge < -0.3 is 15.2 Å². The maximum absolute atomic E-state index is 12.0. The predicted octanol–water partition coefficient (Wildman–Crippen LogP) is 0.298. The maximum Gasteiger partial charge on any atom is 0.313 e. The van der Waals surface area contributed by atoms with Gasteiger partial charge in [0.25, 0.3) is 0 Å². The highest BCUT2D eigenvalue weighted by atomic mass is 16.5. The monoisotopic (exact) mass is 225 g/mol. The molecular formula is C12H19NO3. The van der Waals surface area contributed by atoms with Crippen LogP contribution in [0.15, 0.2) is 0 Å². The lowest BCUT2D eigenvalue weighted by Gasteiger charge is -2.55. The first-order chi connectivity index (χ1) is 7.67. The summed E-state index contributed by atoms with van der Waals surface area (Å²) in [7, 11) is 0. The van der Waals surface area contributed by atoms with Gasteiger partial charge >= 0.3 is 5.97 Å². The molecule has 4 nitrogen and oxygen atoms in total. The van der Waals surface area contributed by atoms with Crippen molar-refractivity contribution in [3.8, 4) is 0 Å². The van der Waals surface area contributed by atoms with Crippen LogP contribution in [-0.4, -0.2) is 36.4 Å². The van der Waals surface area contributed by atoms with Crippen LogP contribution in [-0.2, 0) is 9.53 Å². The third kappa shape index (κ3) is 1.20. The van der Waals surface area contributed by atoms with E-state index >= 15 is 0 Å². The summed E-state index contributed by atoms with van der Waals surface area (Å²) in [5.41, 5.74) is -0.320. The molecule has 16 heavy (non-hydrogen) atoms. The first-order valence-corrected chi connectivity index (χ1v) is 6.26. The lowest BCUT2D eigenvalue weighted by Crippen LogP contribution is -2.65. The number of ether oxygens (including phenoxy) is 1. The van der Waals surface area contributed by atoms with E-state index in [2.05, 4.69) is 12.2 Å². The van der Waals surface area contributed by atoms with Crippen LogP contribution in [0, 0.1) is 17.3 Å². The standard InChI is InChI=1S/C12H19NO3/c1-2-12-6-13-9-4-8(12)7(3-10(9)14)5-16-11(12)15/h7-10,13-14H,2-6H2,1H3/t7?,8?,9?,10-,12?/m0/s1. The molecule has 0 amide bonds. The molecule has 0 spiro atoms. The zero-order valence-corrected chi connectivity index (χ0v) is 9.61. The lowest BCUT2D eigenvalue weighted by molar-refractivity contribution is -0.189. The average Bonchev–Trinajstić information content (AvgIpc) is 2.31. The summed E-state index contributed by atoms with van der Waals surface area (Å²) in [5, 5.41) is 13.3. The number of piperidine rings is 1. The van der Waals surface area contributed by atoms with Gasteiger partial charge in [0, 0.05) is 12.6 Å². The van der Waals surface area contributed by atoms with Gasteiger partial charge in [-0.1, -0.05) is 6.92 Å². The lowest BCUT2D eigenvalue weighted by atomic mass is 9.57. The molecule has 4 unspecified atom stereocenters. The Balaban J connectivity index is 1.96. The van der Waals surface area contributed by atoms with E-state index in [1.165, 1.54) is 0 Å².